The van der Waals surface area contributed by atoms with Gasteiger partial charge in [-0.25, -0.2) is 0 Å². The summed E-state index contributed by atoms with van der Waals surface area (Å²) < 4.78 is 11.0. The summed E-state index contributed by atoms with van der Waals surface area (Å²) in [6, 6.07) is 0.292. The van der Waals surface area contributed by atoms with E-state index in [1.807, 2.05) is 7.05 Å². The average molecular weight is 265 g/mol. The second-order valence-electron chi connectivity index (χ2n) is 5.81. The van der Waals surface area contributed by atoms with E-state index in [-0.39, 0.29) is 5.92 Å². The number of hydrogen-bond donors (Lipinski definition) is 1. The molecule has 1 saturated carbocycles. The van der Waals surface area contributed by atoms with Crippen LogP contribution in [0.25, 0.3) is 0 Å². The molecule has 2 fully saturated rings. The quantitative estimate of drug-likeness (QED) is 0.903. The van der Waals surface area contributed by atoms with Crippen LogP contribution < -0.4 is 5.32 Å². The van der Waals surface area contributed by atoms with E-state index in [1.165, 1.54) is 25.7 Å². The fourth-order valence-electron chi connectivity index (χ4n) is 3.33. The van der Waals surface area contributed by atoms with Gasteiger partial charge in [0.2, 0.25) is 5.89 Å². The first-order valence-electron chi connectivity index (χ1n) is 7.40. The van der Waals surface area contributed by atoms with Crippen molar-refractivity contribution in [3.63, 3.8) is 0 Å². The zero-order valence-corrected chi connectivity index (χ0v) is 11.8. The predicted octanol–water partition coefficient (Wildman–Crippen LogP) is 2.07. The zero-order chi connectivity index (χ0) is 13.2. The van der Waals surface area contributed by atoms with Crippen LogP contribution in [0.15, 0.2) is 4.52 Å². The molecule has 2 heterocycles. The summed E-state index contributed by atoms with van der Waals surface area (Å²) in [5.74, 6) is 3.19. The van der Waals surface area contributed by atoms with E-state index >= 15 is 0 Å². The monoisotopic (exact) mass is 265 g/mol. The third kappa shape index (κ3) is 2.54. The average Bonchev–Trinajstić information content (AvgIpc) is 3.16. The largest absolute Gasteiger partial charge is 0.379 e. The Balaban J connectivity index is 1.69. The van der Waals surface area contributed by atoms with E-state index in [1.54, 1.807) is 0 Å². The third-order valence-electron chi connectivity index (χ3n) is 4.71. The molecular weight excluding hydrogens is 242 g/mol. The molecule has 106 valence electrons. The van der Waals surface area contributed by atoms with E-state index in [0.717, 1.165) is 24.2 Å². The molecule has 0 amide bonds. The van der Waals surface area contributed by atoms with Crippen molar-refractivity contribution in [1.29, 1.82) is 0 Å². The Labute approximate surface area is 114 Å². The van der Waals surface area contributed by atoms with Crippen LogP contribution in [0.3, 0.4) is 0 Å². The third-order valence-corrected chi connectivity index (χ3v) is 4.71. The molecule has 2 aliphatic rings. The molecule has 0 aromatic carbocycles. The van der Waals surface area contributed by atoms with Crippen molar-refractivity contribution in [1.82, 2.24) is 15.5 Å². The van der Waals surface area contributed by atoms with Gasteiger partial charge in [0.15, 0.2) is 5.82 Å². The lowest BCUT2D eigenvalue weighted by molar-refractivity contribution is 0.185. The lowest BCUT2D eigenvalue weighted by atomic mass is 10.0. The predicted molar refractivity (Wildman–Crippen MR) is 71.1 cm³/mol. The number of likely N-dealkylation sites (N-methyl/N-ethyl adjacent to an activating group) is 1. The fraction of sp³-hybridized carbons (Fsp3) is 0.857. The first kappa shape index (κ1) is 13.1. The molecule has 5 nitrogen and oxygen atoms in total. The van der Waals surface area contributed by atoms with Crippen molar-refractivity contribution in [3.8, 4) is 0 Å². The first-order chi connectivity index (χ1) is 9.31. The Morgan fingerprint density at radius 2 is 2.21 bits per heavy atom. The summed E-state index contributed by atoms with van der Waals surface area (Å²) in [6.45, 7) is 3.66. The highest BCUT2D eigenvalue weighted by Gasteiger charge is 2.34. The van der Waals surface area contributed by atoms with Gasteiger partial charge in [0.25, 0.3) is 0 Å². The Morgan fingerprint density at radius 1 is 1.32 bits per heavy atom. The molecule has 0 bridgehead atoms. The van der Waals surface area contributed by atoms with Gasteiger partial charge in [-0.1, -0.05) is 18.5 Å². The van der Waals surface area contributed by atoms with Crippen LogP contribution in [0.5, 0.6) is 0 Å². The molecule has 1 aliphatic carbocycles. The highest BCUT2D eigenvalue weighted by atomic mass is 16.5. The van der Waals surface area contributed by atoms with E-state index in [4.69, 9.17) is 9.26 Å². The molecule has 1 aliphatic heterocycles. The van der Waals surface area contributed by atoms with Crippen LogP contribution >= 0.6 is 0 Å². The molecule has 0 spiro atoms. The van der Waals surface area contributed by atoms with Crippen molar-refractivity contribution in [2.24, 2.45) is 5.92 Å². The molecule has 1 aromatic rings. The van der Waals surface area contributed by atoms with Crippen LogP contribution in [-0.2, 0) is 4.74 Å². The number of nitrogens with one attached hydrogen (secondary N) is 1. The lowest BCUT2D eigenvalue weighted by Crippen LogP contribution is -2.31. The molecule has 3 rings (SSSR count). The van der Waals surface area contributed by atoms with E-state index in [9.17, 15) is 0 Å². The summed E-state index contributed by atoms with van der Waals surface area (Å²) in [7, 11) is 1.95. The van der Waals surface area contributed by atoms with Gasteiger partial charge in [-0.2, -0.15) is 4.98 Å². The molecule has 0 radical (unpaired) electrons. The molecule has 19 heavy (non-hydrogen) atoms. The second kappa shape index (κ2) is 5.59. The minimum absolute atomic E-state index is 0.203. The highest BCUT2D eigenvalue weighted by molar-refractivity contribution is 5.06. The van der Waals surface area contributed by atoms with Gasteiger partial charge in [-0.3, -0.25) is 0 Å². The van der Waals surface area contributed by atoms with Gasteiger partial charge in [0, 0.05) is 12.0 Å². The van der Waals surface area contributed by atoms with Crippen LogP contribution in [0.4, 0.5) is 0 Å². The van der Waals surface area contributed by atoms with Crippen LogP contribution in [0.1, 0.15) is 56.2 Å². The number of hydrogen-bond acceptors (Lipinski definition) is 5. The van der Waals surface area contributed by atoms with E-state index in [0.29, 0.717) is 18.6 Å². The summed E-state index contributed by atoms with van der Waals surface area (Å²) in [5, 5.41) is 7.47. The van der Waals surface area contributed by atoms with Crippen molar-refractivity contribution >= 4 is 0 Å². The van der Waals surface area contributed by atoms with Crippen molar-refractivity contribution in [2.75, 3.05) is 20.3 Å². The topological polar surface area (TPSA) is 60.2 Å². The number of rotatable bonds is 4. The van der Waals surface area contributed by atoms with Crippen molar-refractivity contribution in [3.05, 3.63) is 11.7 Å². The molecule has 5 heteroatoms. The first-order valence-corrected chi connectivity index (χ1v) is 7.40. The van der Waals surface area contributed by atoms with E-state index in [2.05, 4.69) is 22.4 Å². The van der Waals surface area contributed by atoms with Gasteiger partial charge in [-0.05, 0) is 32.2 Å². The normalized spacial score (nSPS) is 35.1. The van der Waals surface area contributed by atoms with Gasteiger partial charge in [-0.15, -0.1) is 0 Å². The SMILES string of the molecule is CCC1CCC(c2noc(C3COCC3NC)n2)C1. The van der Waals surface area contributed by atoms with Crippen LogP contribution in [0, 0.1) is 5.92 Å². The fourth-order valence-corrected chi connectivity index (χ4v) is 3.33. The number of ether oxygens (including phenoxy) is 1. The minimum atomic E-state index is 0.203. The molecule has 1 aromatic heterocycles. The van der Waals surface area contributed by atoms with Crippen molar-refractivity contribution < 1.29 is 9.26 Å². The van der Waals surface area contributed by atoms with Crippen LogP contribution in [-0.4, -0.2) is 36.4 Å². The molecular formula is C14H23N3O2. The van der Waals surface area contributed by atoms with Crippen molar-refractivity contribution in [2.45, 2.75) is 50.5 Å². The number of aromatic nitrogens is 2. The summed E-state index contributed by atoms with van der Waals surface area (Å²) in [6.07, 6.45) is 4.98. The minimum Gasteiger partial charge on any atom is -0.379 e. The molecule has 4 unspecified atom stereocenters. The summed E-state index contributed by atoms with van der Waals surface area (Å²) in [5.41, 5.74) is 0. The maximum absolute atomic E-state index is 5.49. The van der Waals surface area contributed by atoms with Gasteiger partial charge in [0.05, 0.1) is 19.1 Å². The standard InChI is InChI=1S/C14H23N3O2/c1-3-9-4-5-10(6-9)13-16-14(19-17-13)11-7-18-8-12(11)15-2/h9-12,15H,3-8H2,1-2H3. The summed E-state index contributed by atoms with van der Waals surface area (Å²) in [4.78, 5) is 4.64. The molecule has 1 N–H and O–H groups in total. The highest BCUT2D eigenvalue weighted by Crippen LogP contribution is 2.39. The second-order valence-corrected chi connectivity index (χ2v) is 5.81. The Morgan fingerprint density at radius 3 is 2.95 bits per heavy atom. The smallest absolute Gasteiger partial charge is 0.233 e. The Hall–Kier alpha value is -0.940. The van der Waals surface area contributed by atoms with Gasteiger partial charge < -0.3 is 14.6 Å². The van der Waals surface area contributed by atoms with Crippen LogP contribution in [0.2, 0.25) is 0 Å². The summed E-state index contributed by atoms with van der Waals surface area (Å²) >= 11 is 0. The van der Waals surface area contributed by atoms with E-state index < -0.39 is 0 Å². The Kier molecular flexibility index (Phi) is 3.84. The maximum atomic E-state index is 5.49. The molecule has 1 saturated heterocycles. The molecule has 4 atom stereocenters. The Bertz CT molecular complexity index is 421. The van der Waals surface area contributed by atoms with Gasteiger partial charge in [0.1, 0.15) is 0 Å². The number of nitrogens with zero attached hydrogens (tertiary/aromatic N) is 2. The lowest BCUT2D eigenvalue weighted by Gasteiger charge is -2.11. The maximum Gasteiger partial charge on any atom is 0.233 e. The zero-order valence-electron chi connectivity index (χ0n) is 11.8. The van der Waals surface area contributed by atoms with Gasteiger partial charge >= 0.3 is 0 Å².